The molecular formula is C24H33N5O6. The van der Waals surface area contributed by atoms with Crippen molar-refractivity contribution in [1.82, 2.24) is 20.5 Å². The van der Waals surface area contributed by atoms with Crippen LogP contribution in [0.5, 0.6) is 0 Å². The van der Waals surface area contributed by atoms with Gasteiger partial charge in [-0.2, -0.15) is 0 Å². The number of aliphatic hydroxyl groups excluding tert-OH is 1. The van der Waals surface area contributed by atoms with E-state index in [4.69, 9.17) is 5.73 Å². The van der Waals surface area contributed by atoms with E-state index in [1.807, 2.05) is 24.3 Å². The number of rotatable bonds is 10. The van der Waals surface area contributed by atoms with Gasteiger partial charge in [-0.1, -0.05) is 32.0 Å². The first kappa shape index (κ1) is 26.2. The monoisotopic (exact) mass is 487 g/mol. The molecular weight excluding hydrogens is 454 g/mol. The lowest BCUT2D eigenvalue weighted by Gasteiger charge is -2.30. The van der Waals surface area contributed by atoms with E-state index in [0.717, 1.165) is 16.5 Å². The van der Waals surface area contributed by atoms with Crippen LogP contribution in [0.3, 0.4) is 0 Å². The van der Waals surface area contributed by atoms with Gasteiger partial charge in [0.25, 0.3) is 0 Å². The van der Waals surface area contributed by atoms with Crippen molar-refractivity contribution in [1.29, 1.82) is 0 Å². The van der Waals surface area contributed by atoms with Gasteiger partial charge in [-0.15, -0.1) is 0 Å². The smallest absolute Gasteiger partial charge is 0.326 e. The van der Waals surface area contributed by atoms with E-state index in [0.29, 0.717) is 19.4 Å². The van der Waals surface area contributed by atoms with Gasteiger partial charge in [-0.25, -0.2) is 4.79 Å². The summed E-state index contributed by atoms with van der Waals surface area (Å²) in [4.78, 5) is 55.1. The van der Waals surface area contributed by atoms with Gasteiger partial charge in [0.1, 0.15) is 24.2 Å². The molecule has 0 bridgehead atoms. The molecule has 11 nitrogen and oxygen atoms in total. The summed E-state index contributed by atoms with van der Waals surface area (Å²) in [6, 6.07) is 3.37. The highest BCUT2D eigenvalue weighted by Crippen LogP contribution is 2.23. The summed E-state index contributed by atoms with van der Waals surface area (Å²) in [7, 11) is 0. The molecule has 1 aliphatic rings. The molecule has 0 saturated carbocycles. The number of likely N-dealkylation sites (tertiary alicyclic amines) is 1. The van der Waals surface area contributed by atoms with Gasteiger partial charge >= 0.3 is 5.97 Å². The number of aliphatic carboxylic acids is 1. The van der Waals surface area contributed by atoms with E-state index in [2.05, 4.69) is 15.6 Å². The summed E-state index contributed by atoms with van der Waals surface area (Å²) in [6.07, 6.45) is 2.84. The Balaban J connectivity index is 1.84. The number of aliphatic hydroxyl groups is 1. The highest BCUT2D eigenvalue weighted by molar-refractivity contribution is 5.95. The maximum atomic E-state index is 13.6. The predicted octanol–water partition coefficient (Wildman–Crippen LogP) is -0.269. The minimum Gasteiger partial charge on any atom is -0.480 e. The molecule has 4 unspecified atom stereocenters. The van der Waals surface area contributed by atoms with Crippen molar-refractivity contribution < 1.29 is 29.4 Å². The second kappa shape index (κ2) is 11.3. The Kier molecular flexibility index (Phi) is 8.47. The van der Waals surface area contributed by atoms with Gasteiger partial charge < -0.3 is 36.5 Å². The van der Waals surface area contributed by atoms with Crippen LogP contribution in [0.15, 0.2) is 30.5 Å². The van der Waals surface area contributed by atoms with E-state index in [1.165, 1.54) is 4.90 Å². The Morgan fingerprint density at radius 2 is 1.91 bits per heavy atom. The number of carbonyl (C=O) groups excluding carboxylic acids is 3. The van der Waals surface area contributed by atoms with Gasteiger partial charge in [-0.3, -0.25) is 14.4 Å². The number of hydrogen-bond acceptors (Lipinski definition) is 6. The third-order valence-electron chi connectivity index (χ3n) is 6.32. The standard InChI is InChI=1S/C24H33N5O6/c1-13(2)20(24(34)35)28-22(32)19-8-5-9-29(19)23(33)18(27-21(31)16(25)12-30)10-14-11-26-17-7-4-3-6-15(14)17/h3-4,6-7,11,13,16,18-20,26,30H,5,8-10,12,25H2,1-2H3,(H,27,31)(H,28,32)(H,34,35). The number of carbonyl (C=O) groups is 4. The molecule has 2 aromatic rings. The van der Waals surface area contributed by atoms with E-state index < -0.39 is 54.5 Å². The number of nitrogens with one attached hydrogen (secondary N) is 3. The van der Waals surface area contributed by atoms with Gasteiger partial charge in [0.15, 0.2) is 0 Å². The second-order valence-corrected chi connectivity index (χ2v) is 9.17. The van der Waals surface area contributed by atoms with Crippen molar-refractivity contribution in [3.05, 3.63) is 36.0 Å². The maximum Gasteiger partial charge on any atom is 0.326 e. The van der Waals surface area contributed by atoms with Gasteiger partial charge in [-0.05, 0) is 30.4 Å². The number of benzene rings is 1. The van der Waals surface area contributed by atoms with Crippen LogP contribution in [0.1, 0.15) is 32.3 Å². The molecule has 11 heteroatoms. The van der Waals surface area contributed by atoms with Crippen LogP contribution >= 0.6 is 0 Å². The van der Waals surface area contributed by atoms with Crippen molar-refractivity contribution in [2.24, 2.45) is 11.7 Å². The first-order valence-electron chi connectivity index (χ1n) is 11.7. The summed E-state index contributed by atoms with van der Waals surface area (Å²) in [5.74, 6) is -3.18. The number of H-pyrrole nitrogens is 1. The molecule has 2 heterocycles. The quantitative estimate of drug-likeness (QED) is 0.267. The minimum atomic E-state index is -1.20. The molecule has 1 fully saturated rings. The average molecular weight is 488 g/mol. The lowest BCUT2D eigenvalue weighted by molar-refractivity contribution is -0.145. The average Bonchev–Trinajstić information content (AvgIpc) is 3.48. The van der Waals surface area contributed by atoms with Crippen molar-refractivity contribution in [2.75, 3.05) is 13.2 Å². The van der Waals surface area contributed by atoms with Gasteiger partial charge in [0.05, 0.1) is 6.61 Å². The van der Waals surface area contributed by atoms with Crippen molar-refractivity contribution >= 4 is 34.6 Å². The minimum absolute atomic E-state index is 0.140. The number of hydrogen-bond donors (Lipinski definition) is 6. The summed E-state index contributed by atoms with van der Waals surface area (Å²) in [6.45, 7) is 3.09. The third kappa shape index (κ3) is 5.98. The number of carboxylic acid groups (broad SMARTS) is 1. The number of carboxylic acids is 1. The Morgan fingerprint density at radius 1 is 1.20 bits per heavy atom. The highest BCUT2D eigenvalue weighted by atomic mass is 16.4. The molecule has 1 saturated heterocycles. The maximum absolute atomic E-state index is 13.6. The summed E-state index contributed by atoms with van der Waals surface area (Å²) in [5.41, 5.74) is 7.32. The van der Waals surface area contributed by atoms with Crippen LogP contribution in [-0.4, -0.2) is 81.1 Å². The normalized spacial score (nSPS) is 18.3. The third-order valence-corrected chi connectivity index (χ3v) is 6.32. The Morgan fingerprint density at radius 3 is 2.57 bits per heavy atom. The molecule has 7 N–H and O–H groups in total. The molecule has 0 spiro atoms. The number of aromatic nitrogens is 1. The number of para-hydroxylation sites is 1. The number of fused-ring (bicyclic) bond motifs is 1. The zero-order valence-electron chi connectivity index (χ0n) is 19.9. The highest BCUT2D eigenvalue weighted by Gasteiger charge is 2.39. The summed E-state index contributed by atoms with van der Waals surface area (Å²) < 4.78 is 0. The molecule has 1 aliphatic heterocycles. The van der Waals surface area contributed by atoms with Crippen LogP contribution in [0.4, 0.5) is 0 Å². The van der Waals surface area contributed by atoms with Crippen LogP contribution in [0.2, 0.25) is 0 Å². The van der Waals surface area contributed by atoms with E-state index in [-0.39, 0.29) is 12.3 Å². The van der Waals surface area contributed by atoms with Gasteiger partial charge in [0.2, 0.25) is 17.7 Å². The molecule has 0 radical (unpaired) electrons. The van der Waals surface area contributed by atoms with Crippen molar-refractivity contribution in [3.8, 4) is 0 Å². The fourth-order valence-corrected chi connectivity index (χ4v) is 4.35. The fraction of sp³-hybridized carbons (Fsp3) is 0.500. The summed E-state index contributed by atoms with van der Waals surface area (Å²) in [5, 5.41) is 24.8. The summed E-state index contributed by atoms with van der Waals surface area (Å²) >= 11 is 0. The predicted molar refractivity (Wildman–Crippen MR) is 128 cm³/mol. The lowest BCUT2D eigenvalue weighted by atomic mass is 10.0. The molecule has 35 heavy (non-hydrogen) atoms. The topological polar surface area (TPSA) is 178 Å². The second-order valence-electron chi connectivity index (χ2n) is 9.17. The molecule has 190 valence electrons. The number of nitrogens with two attached hydrogens (primary N) is 1. The number of aromatic amines is 1. The van der Waals surface area contributed by atoms with E-state index in [9.17, 15) is 29.4 Å². The molecule has 1 aromatic heterocycles. The van der Waals surface area contributed by atoms with Crippen LogP contribution < -0.4 is 16.4 Å². The Labute approximate surface area is 203 Å². The molecule has 3 amide bonds. The van der Waals surface area contributed by atoms with E-state index in [1.54, 1.807) is 20.0 Å². The van der Waals surface area contributed by atoms with E-state index >= 15 is 0 Å². The van der Waals surface area contributed by atoms with Crippen LogP contribution in [0, 0.1) is 5.92 Å². The van der Waals surface area contributed by atoms with Crippen LogP contribution in [0.25, 0.3) is 10.9 Å². The number of amides is 3. The molecule has 4 atom stereocenters. The molecule has 0 aliphatic carbocycles. The fourth-order valence-electron chi connectivity index (χ4n) is 4.35. The number of nitrogens with zero attached hydrogens (tertiary/aromatic N) is 1. The lowest BCUT2D eigenvalue weighted by Crippen LogP contribution is -2.58. The molecule has 1 aromatic carbocycles. The van der Waals surface area contributed by atoms with Crippen molar-refractivity contribution in [2.45, 2.75) is 57.3 Å². The Bertz CT molecular complexity index is 1080. The van der Waals surface area contributed by atoms with Crippen LogP contribution in [-0.2, 0) is 25.6 Å². The SMILES string of the molecule is CC(C)C(NC(=O)C1CCCN1C(=O)C(Cc1c[nH]c2ccccc12)NC(=O)C(N)CO)C(=O)O. The van der Waals surface area contributed by atoms with Gasteiger partial charge in [0, 0.05) is 30.1 Å². The first-order chi connectivity index (χ1) is 16.6. The molecule has 3 rings (SSSR count). The zero-order valence-corrected chi connectivity index (χ0v) is 19.9. The first-order valence-corrected chi connectivity index (χ1v) is 11.7. The zero-order chi connectivity index (χ0) is 25.7. The Hall–Kier alpha value is -3.44. The van der Waals surface area contributed by atoms with Crippen molar-refractivity contribution in [3.63, 3.8) is 0 Å². The largest absolute Gasteiger partial charge is 0.480 e.